The van der Waals surface area contributed by atoms with Crippen LogP contribution in [0.5, 0.6) is 0 Å². The van der Waals surface area contributed by atoms with E-state index < -0.39 is 0 Å². The minimum absolute atomic E-state index is 0.345. The molecule has 3 atom stereocenters. The summed E-state index contributed by atoms with van der Waals surface area (Å²) in [5.74, 6) is 0.665. The molecule has 3 heteroatoms. The molecule has 1 aliphatic carbocycles. The van der Waals surface area contributed by atoms with Crippen molar-refractivity contribution >= 4 is 6.40 Å². The molecule has 0 saturated heterocycles. The molecule has 1 fully saturated rings. The van der Waals surface area contributed by atoms with Gasteiger partial charge in [-0.3, -0.25) is 4.99 Å². The van der Waals surface area contributed by atoms with Crippen LogP contribution in [0.1, 0.15) is 19.3 Å². The first-order valence-corrected chi connectivity index (χ1v) is 4.27. The van der Waals surface area contributed by atoms with Crippen LogP contribution in [0.15, 0.2) is 4.99 Å². The second-order valence-corrected chi connectivity index (χ2v) is 3.41. The Balaban J connectivity index is 1.94. The second-order valence-electron chi connectivity index (χ2n) is 3.41. The van der Waals surface area contributed by atoms with Crippen molar-refractivity contribution < 1.29 is 4.74 Å². The molecule has 0 bridgehead atoms. The second kappa shape index (κ2) is 2.81. The summed E-state index contributed by atoms with van der Waals surface area (Å²) in [5, 5.41) is 0. The van der Waals surface area contributed by atoms with Crippen LogP contribution in [-0.2, 0) is 4.74 Å². The fraction of sp³-hybridized carbons (Fsp3) is 0.875. The van der Waals surface area contributed by atoms with Gasteiger partial charge in [-0.2, -0.15) is 0 Å². The Hall–Kier alpha value is -0.570. The van der Waals surface area contributed by atoms with E-state index in [9.17, 15) is 0 Å². The lowest BCUT2D eigenvalue weighted by Crippen LogP contribution is -2.33. The third-order valence-corrected chi connectivity index (χ3v) is 2.69. The summed E-state index contributed by atoms with van der Waals surface area (Å²) in [6, 6.07) is 0.442. The van der Waals surface area contributed by atoms with Gasteiger partial charge in [-0.25, -0.2) is 0 Å². The molecule has 0 amide bonds. The molecule has 1 saturated carbocycles. The summed E-state index contributed by atoms with van der Waals surface area (Å²) < 4.78 is 5.34. The van der Waals surface area contributed by atoms with Crippen LogP contribution >= 0.6 is 0 Å². The van der Waals surface area contributed by atoms with Gasteiger partial charge in [-0.05, 0) is 31.7 Å². The van der Waals surface area contributed by atoms with Crippen LogP contribution in [0.4, 0.5) is 0 Å². The summed E-state index contributed by atoms with van der Waals surface area (Å²) >= 11 is 0. The van der Waals surface area contributed by atoms with Gasteiger partial charge in [0.15, 0.2) is 6.40 Å². The van der Waals surface area contributed by atoms with E-state index in [1.165, 1.54) is 6.42 Å². The summed E-state index contributed by atoms with van der Waals surface area (Å²) in [5.41, 5.74) is 5.59. The molecular formula is C8H14N2O. The van der Waals surface area contributed by atoms with Gasteiger partial charge in [0, 0.05) is 0 Å². The Morgan fingerprint density at radius 1 is 1.55 bits per heavy atom. The topological polar surface area (TPSA) is 47.6 Å². The van der Waals surface area contributed by atoms with Gasteiger partial charge in [-0.1, -0.05) is 0 Å². The Bertz CT molecular complexity index is 169. The first-order valence-electron chi connectivity index (χ1n) is 4.27. The SMILES string of the molecule is NCC1CCC2N=COC2C1. The lowest BCUT2D eigenvalue weighted by molar-refractivity contribution is 0.127. The fourth-order valence-electron chi connectivity index (χ4n) is 1.92. The molecule has 0 radical (unpaired) electrons. The van der Waals surface area contributed by atoms with E-state index in [0.717, 1.165) is 19.4 Å². The van der Waals surface area contributed by atoms with E-state index in [4.69, 9.17) is 10.5 Å². The average molecular weight is 154 g/mol. The van der Waals surface area contributed by atoms with Crippen molar-refractivity contribution in [2.45, 2.75) is 31.4 Å². The molecule has 0 aromatic rings. The molecule has 0 aromatic heterocycles. The number of hydrogen-bond donors (Lipinski definition) is 1. The van der Waals surface area contributed by atoms with Gasteiger partial charge in [0.1, 0.15) is 6.10 Å². The lowest BCUT2D eigenvalue weighted by Gasteiger charge is -2.28. The van der Waals surface area contributed by atoms with Crippen molar-refractivity contribution in [3.8, 4) is 0 Å². The molecule has 11 heavy (non-hydrogen) atoms. The summed E-state index contributed by atoms with van der Waals surface area (Å²) in [4.78, 5) is 4.24. The minimum Gasteiger partial charge on any atom is -0.478 e. The van der Waals surface area contributed by atoms with Gasteiger partial charge in [-0.15, -0.1) is 0 Å². The molecule has 3 nitrogen and oxygen atoms in total. The van der Waals surface area contributed by atoms with Gasteiger partial charge in [0.2, 0.25) is 0 Å². The summed E-state index contributed by atoms with van der Waals surface area (Å²) in [6.07, 6.45) is 5.42. The van der Waals surface area contributed by atoms with Crippen LogP contribution in [-0.4, -0.2) is 25.1 Å². The maximum absolute atomic E-state index is 5.59. The first-order chi connectivity index (χ1) is 5.40. The smallest absolute Gasteiger partial charge is 0.170 e. The largest absolute Gasteiger partial charge is 0.478 e. The third-order valence-electron chi connectivity index (χ3n) is 2.69. The third kappa shape index (κ3) is 1.25. The highest BCUT2D eigenvalue weighted by atomic mass is 16.5. The van der Waals surface area contributed by atoms with Crippen molar-refractivity contribution in [3.05, 3.63) is 0 Å². The monoisotopic (exact) mass is 154 g/mol. The standard InChI is InChI=1S/C8H14N2O/c9-4-6-1-2-7-8(3-6)11-5-10-7/h5-8H,1-4,9H2. The highest BCUT2D eigenvalue weighted by molar-refractivity contribution is 5.50. The summed E-state index contributed by atoms with van der Waals surface area (Å²) in [6.45, 7) is 0.798. The molecule has 0 spiro atoms. The molecule has 2 N–H and O–H groups in total. The van der Waals surface area contributed by atoms with Crippen molar-refractivity contribution in [2.24, 2.45) is 16.6 Å². The van der Waals surface area contributed by atoms with Crippen LogP contribution in [0.25, 0.3) is 0 Å². The Labute approximate surface area is 66.6 Å². The normalized spacial score (nSPS) is 41.7. The number of rotatable bonds is 1. The molecule has 1 heterocycles. The van der Waals surface area contributed by atoms with E-state index in [2.05, 4.69) is 4.99 Å². The predicted molar refractivity (Wildman–Crippen MR) is 43.5 cm³/mol. The van der Waals surface area contributed by atoms with Gasteiger partial charge in [0.05, 0.1) is 6.04 Å². The molecule has 2 aliphatic rings. The highest BCUT2D eigenvalue weighted by Gasteiger charge is 2.32. The first kappa shape index (κ1) is 7.10. The van der Waals surface area contributed by atoms with Crippen LogP contribution in [0, 0.1) is 5.92 Å². The Morgan fingerprint density at radius 2 is 2.45 bits per heavy atom. The molecular weight excluding hydrogens is 140 g/mol. The zero-order chi connectivity index (χ0) is 7.68. The minimum atomic E-state index is 0.345. The number of ether oxygens (including phenoxy) is 1. The van der Waals surface area contributed by atoms with Gasteiger partial charge >= 0.3 is 0 Å². The molecule has 1 aliphatic heterocycles. The zero-order valence-electron chi connectivity index (χ0n) is 6.57. The maximum atomic E-state index is 5.59. The van der Waals surface area contributed by atoms with Gasteiger partial charge < -0.3 is 10.5 Å². The highest BCUT2D eigenvalue weighted by Crippen LogP contribution is 2.29. The van der Waals surface area contributed by atoms with Crippen LogP contribution in [0.2, 0.25) is 0 Å². The number of hydrogen-bond acceptors (Lipinski definition) is 3. The van der Waals surface area contributed by atoms with E-state index in [1.807, 2.05) is 0 Å². The van der Waals surface area contributed by atoms with Crippen LogP contribution < -0.4 is 5.73 Å². The van der Waals surface area contributed by atoms with Gasteiger partial charge in [0.25, 0.3) is 0 Å². The van der Waals surface area contributed by atoms with Crippen molar-refractivity contribution in [1.82, 2.24) is 0 Å². The van der Waals surface area contributed by atoms with E-state index in [1.54, 1.807) is 6.40 Å². The molecule has 0 aromatic carbocycles. The van der Waals surface area contributed by atoms with Crippen molar-refractivity contribution in [2.75, 3.05) is 6.54 Å². The van der Waals surface area contributed by atoms with E-state index in [-0.39, 0.29) is 0 Å². The van der Waals surface area contributed by atoms with Crippen LogP contribution in [0.3, 0.4) is 0 Å². The number of nitrogens with zero attached hydrogens (tertiary/aromatic N) is 1. The molecule has 2 rings (SSSR count). The molecule has 3 unspecified atom stereocenters. The summed E-state index contributed by atoms with van der Waals surface area (Å²) in [7, 11) is 0. The van der Waals surface area contributed by atoms with Crippen molar-refractivity contribution in [3.63, 3.8) is 0 Å². The van der Waals surface area contributed by atoms with E-state index in [0.29, 0.717) is 18.1 Å². The van der Waals surface area contributed by atoms with Crippen molar-refractivity contribution in [1.29, 1.82) is 0 Å². The lowest BCUT2D eigenvalue weighted by atomic mass is 9.84. The maximum Gasteiger partial charge on any atom is 0.170 e. The zero-order valence-corrected chi connectivity index (χ0v) is 6.57. The predicted octanol–water partition coefficient (Wildman–Crippen LogP) is 0.541. The fourth-order valence-corrected chi connectivity index (χ4v) is 1.92. The average Bonchev–Trinajstić information content (AvgIpc) is 2.50. The molecule has 62 valence electrons. The number of aliphatic imine (C=N–C) groups is 1. The van der Waals surface area contributed by atoms with E-state index >= 15 is 0 Å². The quantitative estimate of drug-likeness (QED) is 0.599. The number of fused-ring (bicyclic) bond motifs is 1. The Kier molecular flexibility index (Phi) is 1.82. The Morgan fingerprint density at radius 3 is 3.27 bits per heavy atom. The number of nitrogens with two attached hydrogens (primary N) is 1.